The van der Waals surface area contributed by atoms with Gasteiger partial charge < -0.3 is 9.73 Å². The Labute approximate surface area is 133 Å². The molecule has 3 aromatic rings. The average molecular weight is 391 g/mol. The molecule has 0 saturated carbocycles. The maximum atomic E-state index is 12.3. The fourth-order valence-electron chi connectivity index (χ4n) is 1.97. The molecular weight excluding hydrogens is 381 g/mol. The highest BCUT2D eigenvalue weighted by molar-refractivity contribution is 14.1. The molecule has 3 rings (SSSR count). The van der Waals surface area contributed by atoms with E-state index in [-0.39, 0.29) is 5.56 Å². The molecule has 1 N–H and O–H groups in total. The number of fused-ring (bicyclic) bond motifs is 1. The number of anilines is 1. The van der Waals surface area contributed by atoms with Gasteiger partial charge in [-0.05, 0) is 46.9 Å². The van der Waals surface area contributed by atoms with Crippen molar-refractivity contribution in [2.45, 2.75) is 0 Å². The lowest BCUT2D eigenvalue weighted by molar-refractivity contribution is 0.102. The van der Waals surface area contributed by atoms with Crippen molar-refractivity contribution in [2.24, 2.45) is 0 Å². The van der Waals surface area contributed by atoms with Crippen molar-refractivity contribution in [1.29, 1.82) is 0 Å². The average Bonchev–Trinajstić information content (AvgIpc) is 2.49. The van der Waals surface area contributed by atoms with Gasteiger partial charge in [-0.3, -0.25) is 4.79 Å². The first kappa shape index (κ1) is 13.8. The third-order valence-electron chi connectivity index (χ3n) is 3.01. The Bertz CT molecular complexity index is 886. The van der Waals surface area contributed by atoms with E-state index < -0.39 is 11.5 Å². The number of carbonyl (C=O) groups excluding carboxylic acids is 1. The molecule has 2 aromatic carbocycles. The van der Waals surface area contributed by atoms with Crippen LogP contribution < -0.4 is 10.9 Å². The van der Waals surface area contributed by atoms with E-state index in [0.717, 1.165) is 3.57 Å². The van der Waals surface area contributed by atoms with Crippen LogP contribution in [0.25, 0.3) is 11.0 Å². The van der Waals surface area contributed by atoms with Crippen molar-refractivity contribution in [2.75, 3.05) is 5.32 Å². The van der Waals surface area contributed by atoms with Gasteiger partial charge in [0.25, 0.3) is 5.91 Å². The molecule has 0 atom stereocenters. The Morgan fingerprint density at radius 3 is 2.57 bits per heavy atom. The summed E-state index contributed by atoms with van der Waals surface area (Å²) in [7, 11) is 0. The van der Waals surface area contributed by atoms with Crippen LogP contribution in [-0.4, -0.2) is 5.91 Å². The zero-order valence-corrected chi connectivity index (χ0v) is 13.0. The summed E-state index contributed by atoms with van der Waals surface area (Å²) in [6.07, 6.45) is 0. The van der Waals surface area contributed by atoms with Crippen LogP contribution in [0.1, 0.15) is 10.4 Å². The van der Waals surface area contributed by atoms with E-state index in [2.05, 4.69) is 27.9 Å². The number of carbonyl (C=O) groups is 1. The summed E-state index contributed by atoms with van der Waals surface area (Å²) in [5.74, 6) is -0.474. The Hall–Kier alpha value is -2.15. The first-order valence-corrected chi connectivity index (χ1v) is 7.32. The van der Waals surface area contributed by atoms with E-state index >= 15 is 0 Å². The second-order valence-corrected chi connectivity index (χ2v) is 5.58. The van der Waals surface area contributed by atoms with Crippen LogP contribution >= 0.6 is 22.6 Å². The second-order valence-electron chi connectivity index (χ2n) is 4.42. The highest BCUT2D eigenvalue weighted by Gasteiger charge is 2.14. The molecule has 0 fully saturated rings. The lowest BCUT2D eigenvalue weighted by Crippen LogP contribution is -2.21. The van der Waals surface area contributed by atoms with Gasteiger partial charge in [0.1, 0.15) is 11.1 Å². The highest BCUT2D eigenvalue weighted by Crippen LogP contribution is 2.18. The zero-order chi connectivity index (χ0) is 14.8. The zero-order valence-electron chi connectivity index (χ0n) is 10.8. The molecule has 0 aliphatic rings. The standard InChI is InChI=1S/C16H10INO3/c17-12-6-2-3-7-13(12)18-15(19)11-9-10-5-1-4-8-14(10)21-16(11)20/h1-9H,(H,18,19). The first-order valence-electron chi connectivity index (χ1n) is 6.24. The number of rotatable bonds is 2. The molecule has 0 radical (unpaired) electrons. The monoisotopic (exact) mass is 391 g/mol. The molecule has 0 saturated heterocycles. The van der Waals surface area contributed by atoms with Crippen LogP contribution in [0.3, 0.4) is 0 Å². The van der Waals surface area contributed by atoms with Gasteiger partial charge in [0.15, 0.2) is 0 Å². The summed E-state index contributed by atoms with van der Waals surface area (Å²) < 4.78 is 6.06. The molecule has 1 heterocycles. The maximum absolute atomic E-state index is 12.3. The van der Waals surface area contributed by atoms with Crippen LogP contribution in [0.4, 0.5) is 5.69 Å². The van der Waals surface area contributed by atoms with Gasteiger partial charge in [0.2, 0.25) is 0 Å². The maximum Gasteiger partial charge on any atom is 0.349 e. The molecule has 21 heavy (non-hydrogen) atoms. The molecule has 0 unspecified atom stereocenters. The lowest BCUT2D eigenvalue weighted by atomic mass is 10.1. The van der Waals surface area contributed by atoms with E-state index in [9.17, 15) is 9.59 Å². The van der Waals surface area contributed by atoms with Crippen LogP contribution in [0.5, 0.6) is 0 Å². The molecular formula is C16H10INO3. The minimum absolute atomic E-state index is 0.00615. The number of benzene rings is 2. The highest BCUT2D eigenvalue weighted by atomic mass is 127. The SMILES string of the molecule is O=C(Nc1ccccc1I)c1cc2ccccc2oc1=O. The quantitative estimate of drug-likeness (QED) is 0.536. The topological polar surface area (TPSA) is 59.3 Å². The lowest BCUT2D eigenvalue weighted by Gasteiger charge is -2.06. The molecule has 1 aromatic heterocycles. The van der Waals surface area contributed by atoms with E-state index in [1.807, 2.05) is 24.3 Å². The van der Waals surface area contributed by atoms with Gasteiger partial charge in [0, 0.05) is 8.96 Å². The number of hydrogen-bond acceptors (Lipinski definition) is 3. The number of halogens is 1. The number of amides is 1. The second kappa shape index (κ2) is 5.69. The first-order chi connectivity index (χ1) is 10.1. The van der Waals surface area contributed by atoms with Gasteiger partial charge in [-0.15, -0.1) is 0 Å². The van der Waals surface area contributed by atoms with Crippen LogP contribution in [0.15, 0.2) is 63.8 Å². The van der Waals surface area contributed by atoms with Crippen LogP contribution in [0.2, 0.25) is 0 Å². The molecule has 0 aliphatic heterocycles. The molecule has 4 nitrogen and oxygen atoms in total. The number of para-hydroxylation sites is 2. The van der Waals surface area contributed by atoms with Gasteiger partial charge in [0.05, 0.1) is 5.69 Å². The fourth-order valence-corrected chi connectivity index (χ4v) is 2.49. The molecule has 1 amide bonds. The molecule has 104 valence electrons. The summed E-state index contributed by atoms with van der Waals surface area (Å²) in [5, 5.41) is 3.44. The van der Waals surface area contributed by atoms with Gasteiger partial charge in [-0.1, -0.05) is 30.3 Å². The van der Waals surface area contributed by atoms with Crippen LogP contribution in [0, 0.1) is 3.57 Å². The third-order valence-corrected chi connectivity index (χ3v) is 3.95. The third kappa shape index (κ3) is 2.82. The van der Waals surface area contributed by atoms with Gasteiger partial charge >= 0.3 is 5.63 Å². The fraction of sp³-hybridized carbons (Fsp3) is 0. The summed E-state index contributed by atoms with van der Waals surface area (Å²) in [6.45, 7) is 0. The van der Waals surface area contributed by atoms with E-state index in [1.165, 1.54) is 0 Å². The molecule has 5 heteroatoms. The minimum Gasteiger partial charge on any atom is -0.422 e. The summed E-state index contributed by atoms with van der Waals surface area (Å²) >= 11 is 2.12. The summed E-state index contributed by atoms with van der Waals surface area (Å²) in [5.41, 5.74) is 0.481. The minimum atomic E-state index is -0.642. The largest absolute Gasteiger partial charge is 0.422 e. The normalized spacial score (nSPS) is 10.5. The van der Waals surface area contributed by atoms with E-state index in [4.69, 9.17) is 4.42 Å². The summed E-state index contributed by atoms with van der Waals surface area (Å²) in [4.78, 5) is 24.2. The molecule has 0 aliphatic carbocycles. The summed E-state index contributed by atoms with van der Waals surface area (Å²) in [6, 6.07) is 16.0. The van der Waals surface area contributed by atoms with Crippen LogP contribution in [-0.2, 0) is 0 Å². The van der Waals surface area contributed by atoms with Crippen molar-refractivity contribution in [3.63, 3.8) is 0 Å². The van der Waals surface area contributed by atoms with Gasteiger partial charge in [-0.2, -0.15) is 0 Å². The van der Waals surface area contributed by atoms with E-state index in [1.54, 1.807) is 30.3 Å². The van der Waals surface area contributed by atoms with Crippen molar-refractivity contribution in [3.8, 4) is 0 Å². The predicted molar refractivity (Wildman–Crippen MR) is 89.6 cm³/mol. The van der Waals surface area contributed by atoms with Gasteiger partial charge in [-0.25, -0.2) is 4.79 Å². The van der Waals surface area contributed by atoms with Crippen molar-refractivity contribution in [3.05, 3.63) is 74.2 Å². The van der Waals surface area contributed by atoms with Crippen molar-refractivity contribution in [1.82, 2.24) is 0 Å². The Morgan fingerprint density at radius 1 is 1.05 bits per heavy atom. The Balaban J connectivity index is 2.00. The Kier molecular flexibility index (Phi) is 3.74. The molecule has 0 bridgehead atoms. The van der Waals surface area contributed by atoms with Crippen molar-refractivity contribution < 1.29 is 9.21 Å². The molecule has 0 spiro atoms. The van der Waals surface area contributed by atoms with Crippen molar-refractivity contribution >= 4 is 45.2 Å². The Morgan fingerprint density at radius 2 is 1.76 bits per heavy atom. The van der Waals surface area contributed by atoms with E-state index in [0.29, 0.717) is 16.7 Å². The smallest absolute Gasteiger partial charge is 0.349 e. The predicted octanol–water partition coefficient (Wildman–Crippen LogP) is 3.65. The number of hydrogen-bond donors (Lipinski definition) is 1. The number of nitrogens with one attached hydrogen (secondary N) is 1.